The molecule has 0 radical (unpaired) electrons. The molecule has 2 nitrogen and oxygen atoms in total. The lowest BCUT2D eigenvalue weighted by Crippen LogP contribution is -1.94. The van der Waals surface area contributed by atoms with E-state index in [9.17, 15) is 4.79 Å². The first-order chi connectivity index (χ1) is 5.24. The number of carbonyl (C=O) groups is 1. The molecule has 0 N–H and O–H groups in total. The number of thiophene rings is 1. The van der Waals surface area contributed by atoms with Crippen LogP contribution in [-0.2, 0) is 4.18 Å². The van der Waals surface area contributed by atoms with Crippen LogP contribution in [0.25, 0.3) is 0 Å². The quantitative estimate of drug-likeness (QED) is 0.758. The third-order valence-corrected chi connectivity index (χ3v) is 2.86. The molecule has 0 aliphatic carbocycles. The summed E-state index contributed by atoms with van der Waals surface area (Å²) in [7, 11) is 0. The summed E-state index contributed by atoms with van der Waals surface area (Å²) in [6.45, 7) is 0. The predicted octanol–water partition coefficient (Wildman–Crippen LogP) is 2.95. The molecule has 0 unspecified atom stereocenters. The summed E-state index contributed by atoms with van der Waals surface area (Å²) < 4.78 is 5.64. The molecule has 0 saturated heterocycles. The van der Waals surface area contributed by atoms with E-state index < -0.39 is 0 Å². The molecule has 0 spiro atoms. The van der Waals surface area contributed by atoms with E-state index >= 15 is 0 Å². The van der Waals surface area contributed by atoms with Crippen LogP contribution in [0.15, 0.2) is 15.9 Å². The van der Waals surface area contributed by atoms with Crippen LogP contribution in [-0.4, -0.2) is 12.2 Å². The van der Waals surface area contributed by atoms with Crippen molar-refractivity contribution >= 4 is 45.3 Å². The number of carbonyl (C=O) groups excluding carboxylic acids is 1. The highest BCUT2D eigenvalue weighted by molar-refractivity contribution is 9.11. The second-order valence-electron chi connectivity index (χ2n) is 1.64. The Balaban J connectivity index is 2.69. The first-order valence-electron chi connectivity index (χ1n) is 2.74. The van der Waals surface area contributed by atoms with Crippen molar-refractivity contribution in [2.75, 3.05) is 6.26 Å². The summed E-state index contributed by atoms with van der Waals surface area (Å²) in [6.07, 6.45) is 1.71. The molecular formula is C6H5BrO2S2. The summed E-state index contributed by atoms with van der Waals surface area (Å²) in [4.78, 5) is 11.6. The second-order valence-corrected chi connectivity index (χ2v) is 4.60. The van der Waals surface area contributed by atoms with Crippen molar-refractivity contribution in [1.82, 2.24) is 0 Å². The molecule has 0 bridgehead atoms. The van der Waals surface area contributed by atoms with Gasteiger partial charge in [0.15, 0.2) is 0 Å². The SMILES string of the molecule is CSOC(=O)c1ccc(Br)s1. The minimum absolute atomic E-state index is 0.284. The highest BCUT2D eigenvalue weighted by atomic mass is 79.9. The Morgan fingerprint density at radius 1 is 1.73 bits per heavy atom. The zero-order valence-electron chi connectivity index (χ0n) is 5.67. The molecule has 60 valence electrons. The van der Waals surface area contributed by atoms with Crippen LogP contribution in [0.2, 0.25) is 0 Å². The monoisotopic (exact) mass is 252 g/mol. The van der Waals surface area contributed by atoms with Gasteiger partial charge in [0.2, 0.25) is 0 Å². The van der Waals surface area contributed by atoms with Crippen molar-refractivity contribution in [1.29, 1.82) is 0 Å². The van der Waals surface area contributed by atoms with Crippen LogP contribution in [0.1, 0.15) is 9.67 Å². The third-order valence-electron chi connectivity index (χ3n) is 0.933. The van der Waals surface area contributed by atoms with Crippen molar-refractivity contribution in [2.24, 2.45) is 0 Å². The van der Waals surface area contributed by atoms with Gasteiger partial charge in [0.25, 0.3) is 0 Å². The number of halogens is 1. The maximum Gasteiger partial charge on any atom is 0.360 e. The average Bonchev–Trinajstić information content (AvgIpc) is 2.36. The van der Waals surface area contributed by atoms with Crippen molar-refractivity contribution in [3.63, 3.8) is 0 Å². The van der Waals surface area contributed by atoms with Gasteiger partial charge in [-0.3, -0.25) is 0 Å². The Labute approximate surface area is 81.3 Å². The number of hydrogen-bond donors (Lipinski definition) is 0. The first-order valence-corrected chi connectivity index (χ1v) is 5.50. The van der Waals surface area contributed by atoms with Crippen LogP contribution in [0.5, 0.6) is 0 Å². The molecule has 0 saturated carbocycles. The van der Waals surface area contributed by atoms with E-state index in [1.165, 1.54) is 11.3 Å². The Hall–Kier alpha value is -0.0000000000000000833. The fourth-order valence-electron chi connectivity index (χ4n) is 0.541. The largest absolute Gasteiger partial charge is 0.387 e. The van der Waals surface area contributed by atoms with Crippen molar-refractivity contribution in [2.45, 2.75) is 0 Å². The topological polar surface area (TPSA) is 26.3 Å². The maximum atomic E-state index is 11.0. The molecule has 0 aromatic carbocycles. The first kappa shape index (κ1) is 9.09. The summed E-state index contributed by atoms with van der Waals surface area (Å²) in [6, 6.07) is 3.55. The molecule has 0 amide bonds. The smallest absolute Gasteiger partial charge is 0.360 e. The Morgan fingerprint density at radius 3 is 2.91 bits per heavy atom. The van der Waals surface area contributed by atoms with E-state index in [4.69, 9.17) is 4.18 Å². The zero-order valence-corrected chi connectivity index (χ0v) is 8.88. The normalized spacial score (nSPS) is 9.64. The lowest BCUT2D eigenvalue weighted by Gasteiger charge is -1.93. The lowest BCUT2D eigenvalue weighted by molar-refractivity contribution is 0.0774. The van der Waals surface area contributed by atoms with Crippen molar-refractivity contribution in [3.05, 3.63) is 20.8 Å². The maximum absolute atomic E-state index is 11.0. The minimum atomic E-state index is -0.284. The average molecular weight is 253 g/mol. The fourth-order valence-corrected chi connectivity index (χ4v) is 2.10. The molecular weight excluding hydrogens is 248 g/mol. The summed E-state index contributed by atoms with van der Waals surface area (Å²) in [5.41, 5.74) is 0. The highest BCUT2D eigenvalue weighted by Gasteiger charge is 2.08. The lowest BCUT2D eigenvalue weighted by atomic mass is 10.5. The Bertz CT molecular complexity index is 259. The van der Waals surface area contributed by atoms with E-state index in [2.05, 4.69) is 15.9 Å². The Kier molecular flexibility index (Phi) is 3.42. The van der Waals surface area contributed by atoms with Gasteiger partial charge in [-0.25, -0.2) is 4.79 Å². The van der Waals surface area contributed by atoms with Crippen molar-refractivity contribution < 1.29 is 8.98 Å². The van der Waals surface area contributed by atoms with Gasteiger partial charge >= 0.3 is 5.97 Å². The second kappa shape index (κ2) is 4.13. The van der Waals surface area contributed by atoms with Crippen LogP contribution in [0, 0.1) is 0 Å². The van der Waals surface area contributed by atoms with E-state index in [-0.39, 0.29) is 5.97 Å². The van der Waals surface area contributed by atoms with Gasteiger partial charge in [-0.15, -0.1) is 11.3 Å². The number of rotatable bonds is 2. The van der Waals surface area contributed by atoms with Gasteiger partial charge in [0, 0.05) is 6.26 Å². The van der Waals surface area contributed by atoms with E-state index in [0.29, 0.717) is 4.88 Å². The summed E-state index contributed by atoms with van der Waals surface area (Å²) in [5, 5.41) is 0. The summed E-state index contributed by atoms with van der Waals surface area (Å²) in [5.74, 6) is -0.284. The molecule has 1 rings (SSSR count). The van der Waals surface area contributed by atoms with E-state index in [1.54, 1.807) is 12.3 Å². The number of hydrogen-bond acceptors (Lipinski definition) is 4. The zero-order chi connectivity index (χ0) is 8.27. The highest BCUT2D eigenvalue weighted by Crippen LogP contribution is 2.23. The Morgan fingerprint density at radius 2 is 2.45 bits per heavy atom. The molecule has 11 heavy (non-hydrogen) atoms. The van der Waals surface area contributed by atoms with Gasteiger partial charge in [0.1, 0.15) is 4.88 Å². The molecule has 0 atom stereocenters. The van der Waals surface area contributed by atoms with Crippen LogP contribution in [0.4, 0.5) is 0 Å². The van der Waals surface area contributed by atoms with Gasteiger partial charge in [-0.05, 0) is 28.1 Å². The van der Waals surface area contributed by atoms with Gasteiger partial charge in [-0.2, -0.15) is 0 Å². The van der Waals surface area contributed by atoms with Crippen LogP contribution >= 0.6 is 39.3 Å². The van der Waals surface area contributed by atoms with Crippen LogP contribution in [0.3, 0.4) is 0 Å². The fraction of sp³-hybridized carbons (Fsp3) is 0.167. The van der Waals surface area contributed by atoms with Gasteiger partial charge in [0.05, 0.1) is 15.8 Å². The van der Waals surface area contributed by atoms with E-state index in [0.717, 1.165) is 15.8 Å². The standard InChI is InChI=1S/C6H5BrO2S2/c1-10-9-6(8)4-2-3-5(7)11-4/h2-3H,1H3. The molecule has 5 heteroatoms. The molecule has 0 fully saturated rings. The molecule has 1 aromatic heterocycles. The molecule has 1 aromatic rings. The molecule has 0 aliphatic heterocycles. The molecule has 1 heterocycles. The predicted molar refractivity (Wildman–Crippen MR) is 50.9 cm³/mol. The van der Waals surface area contributed by atoms with E-state index in [1.807, 2.05) is 6.07 Å². The van der Waals surface area contributed by atoms with Gasteiger partial charge < -0.3 is 4.18 Å². The van der Waals surface area contributed by atoms with Gasteiger partial charge in [-0.1, -0.05) is 0 Å². The molecule has 0 aliphatic rings. The third kappa shape index (κ3) is 2.50. The van der Waals surface area contributed by atoms with Crippen LogP contribution < -0.4 is 0 Å². The summed E-state index contributed by atoms with van der Waals surface area (Å²) >= 11 is 5.68. The minimum Gasteiger partial charge on any atom is -0.387 e. The van der Waals surface area contributed by atoms with Crippen molar-refractivity contribution in [3.8, 4) is 0 Å².